The summed E-state index contributed by atoms with van der Waals surface area (Å²) in [5.41, 5.74) is 0.153. The van der Waals surface area contributed by atoms with E-state index in [1.165, 1.54) is 7.11 Å². The number of hydrogen-bond donors (Lipinski definition) is 1. The Morgan fingerprint density at radius 2 is 1.77 bits per heavy atom. The highest BCUT2D eigenvalue weighted by molar-refractivity contribution is 5.94. The number of carbonyl (C=O) groups excluding carboxylic acids is 1. The standard InChI is InChI=1S/C19H20F3NO3/c1-3-10-26-16-9-4-13(11-17(16)25-2)12-23-18(24)14-5-7-15(8-6-14)19(20,21)22/h4-9,11H,3,10,12H2,1-2H3,(H,23,24). The van der Waals surface area contributed by atoms with E-state index < -0.39 is 17.6 Å². The lowest BCUT2D eigenvalue weighted by Crippen LogP contribution is -2.23. The molecule has 140 valence electrons. The molecule has 1 N–H and O–H groups in total. The predicted octanol–water partition coefficient (Wildman–Crippen LogP) is 4.43. The van der Waals surface area contributed by atoms with Crippen molar-refractivity contribution in [1.82, 2.24) is 5.32 Å². The van der Waals surface area contributed by atoms with Crippen LogP contribution in [0.1, 0.15) is 34.8 Å². The van der Waals surface area contributed by atoms with Crippen LogP contribution < -0.4 is 14.8 Å². The van der Waals surface area contributed by atoms with Gasteiger partial charge in [-0.2, -0.15) is 13.2 Å². The van der Waals surface area contributed by atoms with Gasteiger partial charge in [0.1, 0.15) is 0 Å². The van der Waals surface area contributed by atoms with Crippen LogP contribution in [-0.4, -0.2) is 19.6 Å². The number of nitrogens with one attached hydrogen (secondary N) is 1. The summed E-state index contributed by atoms with van der Waals surface area (Å²) in [4.78, 5) is 12.1. The fourth-order valence-electron chi connectivity index (χ4n) is 2.25. The first-order valence-electron chi connectivity index (χ1n) is 8.10. The zero-order valence-corrected chi connectivity index (χ0v) is 14.5. The second-order valence-electron chi connectivity index (χ2n) is 5.59. The Morgan fingerprint density at radius 3 is 2.35 bits per heavy atom. The molecule has 0 saturated carbocycles. The Balaban J connectivity index is 2.00. The summed E-state index contributed by atoms with van der Waals surface area (Å²) in [6.45, 7) is 2.78. The Labute approximate surface area is 149 Å². The maximum Gasteiger partial charge on any atom is 0.416 e. The maximum absolute atomic E-state index is 12.5. The van der Waals surface area contributed by atoms with E-state index in [1.807, 2.05) is 6.92 Å². The lowest BCUT2D eigenvalue weighted by Gasteiger charge is -2.12. The molecule has 0 unspecified atom stereocenters. The van der Waals surface area contributed by atoms with Crippen LogP contribution >= 0.6 is 0 Å². The molecule has 0 aromatic heterocycles. The molecule has 0 aliphatic carbocycles. The SMILES string of the molecule is CCCOc1ccc(CNC(=O)c2ccc(C(F)(F)F)cc2)cc1OC. The van der Waals surface area contributed by atoms with E-state index in [9.17, 15) is 18.0 Å². The molecule has 0 aliphatic rings. The Hall–Kier alpha value is -2.70. The Kier molecular flexibility index (Phi) is 6.49. The van der Waals surface area contributed by atoms with Gasteiger partial charge in [0.15, 0.2) is 11.5 Å². The molecule has 0 bridgehead atoms. The molecule has 0 fully saturated rings. The van der Waals surface area contributed by atoms with E-state index in [0.717, 1.165) is 36.2 Å². The van der Waals surface area contributed by atoms with Crippen molar-refractivity contribution in [2.45, 2.75) is 26.1 Å². The second-order valence-corrected chi connectivity index (χ2v) is 5.59. The minimum absolute atomic E-state index is 0.160. The quantitative estimate of drug-likeness (QED) is 0.787. The van der Waals surface area contributed by atoms with E-state index in [2.05, 4.69) is 5.32 Å². The van der Waals surface area contributed by atoms with Gasteiger partial charge < -0.3 is 14.8 Å². The van der Waals surface area contributed by atoms with Gasteiger partial charge in [0.25, 0.3) is 5.91 Å². The molecule has 0 saturated heterocycles. The number of alkyl halides is 3. The maximum atomic E-state index is 12.5. The summed E-state index contributed by atoms with van der Waals surface area (Å²) in [6, 6.07) is 9.38. The van der Waals surface area contributed by atoms with Gasteiger partial charge in [-0.15, -0.1) is 0 Å². The molecule has 0 aliphatic heterocycles. The van der Waals surface area contributed by atoms with E-state index in [-0.39, 0.29) is 12.1 Å². The zero-order chi connectivity index (χ0) is 19.2. The minimum atomic E-state index is -4.42. The fourth-order valence-corrected chi connectivity index (χ4v) is 2.25. The molecule has 0 heterocycles. The molecular formula is C19H20F3NO3. The first-order valence-corrected chi connectivity index (χ1v) is 8.10. The van der Waals surface area contributed by atoms with Gasteiger partial charge in [-0.05, 0) is 48.4 Å². The van der Waals surface area contributed by atoms with Gasteiger partial charge in [0.05, 0.1) is 19.3 Å². The predicted molar refractivity (Wildman–Crippen MR) is 91.4 cm³/mol. The van der Waals surface area contributed by atoms with Crippen LogP contribution in [0.3, 0.4) is 0 Å². The number of hydrogen-bond acceptors (Lipinski definition) is 3. The van der Waals surface area contributed by atoms with Gasteiger partial charge in [-0.25, -0.2) is 0 Å². The topological polar surface area (TPSA) is 47.6 Å². The van der Waals surface area contributed by atoms with Crippen molar-refractivity contribution < 1.29 is 27.4 Å². The molecule has 1 amide bonds. The first kappa shape index (κ1) is 19.6. The summed E-state index contributed by atoms with van der Waals surface area (Å²) in [5, 5.41) is 2.67. The van der Waals surface area contributed by atoms with Gasteiger partial charge in [0, 0.05) is 12.1 Å². The van der Waals surface area contributed by atoms with Gasteiger partial charge in [0.2, 0.25) is 0 Å². The summed E-state index contributed by atoms with van der Waals surface area (Å²) < 4.78 is 48.5. The second kappa shape index (κ2) is 8.60. The first-order chi connectivity index (χ1) is 12.3. The van der Waals surface area contributed by atoms with Crippen LogP contribution in [-0.2, 0) is 12.7 Å². The number of rotatable bonds is 7. The van der Waals surface area contributed by atoms with Crippen molar-refractivity contribution in [1.29, 1.82) is 0 Å². The average molecular weight is 367 g/mol. The van der Waals surface area contributed by atoms with Gasteiger partial charge in [-0.1, -0.05) is 13.0 Å². The number of amides is 1. The molecule has 4 nitrogen and oxygen atoms in total. The minimum Gasteiger partial charge on any atom is -0.493 e. The molecule has 2 aromatic carbocycles. The zero-order valence-electron chi connectivity index (χ0n) is 14.5. The largest absolute Gasteiger partial charge is 0.493 e. The van der Waals surface area contributed by atoms with Crippen molar-refractivity contribution in [3.8, 4) is 11.5 Å². The molecule has 0 atom stereocenters. The summed E-state index contributed by atoms with van der Waals surface area (Å²) in [5.74, 6) is 0.718. The summed E-state index contributed by atoms with van der Waals surface area (Å²) in [6.07, 6.45) is -3.55. The van der Waals surface area contributed by atoms with Crippen LogP contribution in [0.4, 0.5) is 13.2 Å². The monoisotopic (exact) mass is 367 g/mol. The Bertz CT molecular complexity index is 743. The smallest absolute Gasteiger partial charge is 0.416 e. The Morgan fingerprint density at radius 1 is 1.08 bits per heavy atom. The van der Waals surface area contributed by atoms with Crippen molar-refractivity contribution in [2.75, 3.05) is 13.7 Å². The van der Waals surface area contributed by atoms with E-state index in [1.54, 1.807) is 18.2 Å². The van der Waals surface area contributed by atoms with E-state index in [0.29, 0.717) is 18.1 Å². The average Bonchev–Trinajstić information content (AvgIpc) is 2.64. The van der Waals surface area contributed by atoms with Gasteiger partial charge in [-0.3, -0.25) is 4.79 Å². The third-order valence-corrected chi connectivity index (χ3v) is 3.62. The van der Waals surface area contributed by atoms with E-state index in [4.69, 9.17) is 9.47 Å². The molecule has 2 rings (SSSR count). The number of methoxy groups -OCH3 is 1. The third-order valence-electron chi connectivity index (χ3n) is 3.62. The highest BCUT2D eigenvalue weighted by Crippen LogP contribution is 2.29. The number of carbonyl (C=O) groups is 1. The normalized spacial score (nSPS) is 11.1. The summed E-state index contributed by atoms with van der Waals surface area (Å²) in [7, 11) is 1.53. The molecule has 7 heteroatoms. The van der Waals surface area contributed by atoms with Crippen LogP contribution in [0.2, 0.25) is 0 Å². The highest BCUT2D eigenvalue weighted by Gasteiger charge is 2.30. The van der Waals surface area contributed by atoms with Crippen molar-refractivity contribution in [3.05, 3.63) is 59.2 Å². The van der Waals surface area contributed by atoms with Crippen molar-refractivity contribution in [2.24, 2.45) is 0 Å². The van der Waals surface area contributed by atoms with Crippen molar-refractivity contribution in [3.63, 3.8) is 0 Å². The van der Waals surface area contributed by atoms with Crippen LogP contribution in [0.15, 0.2) is 42.5 Å². The third kappa shape index (κ3) is 5.15. The van der Waals surface area contributed by atoms with Crippen LogP contribution in [0.5, 0.6) is 11.5 Å². The van der Waals surface area contributed by atoms with Crippen LogP contribution in [0, 0.1) is 0 Å². The fraction of sp³-hybridized carbons (Fsp3) is 0.316. The molecule has 2 aromatic rings. The van der Waals surface area contributed by atoms with Crippen molar-refractivity contribution >= 4 is 5.91 Å². The lowest BCUT2D eigenvalue weighted by atomic mass is 10.1. The number of benzene rings is 2. The molecule has 0 radical (unpaired) electrons. The number of ether oxygens (including phenoxy) is 2. The summed E-state index contributed by atoms with van der Waals surface area (Å²) >= 11 is 0. The van der Waals surface area contributed by atoms with Crippen LogP contribution in [0.25, 0.3) is 0 Å². The van der Waals surface area contributed by atoms with E-state index >= 15 is 0 Å². The lowest BCUT2D eigenvalue weighted by molar-refractivity contribution is -0.137. The molecule has 0 spiro atoms. The molecule has 26 heavy (non-hydrogen) atoms. The van der Waals surface area contributed by atoms with Gasteiger partial charge >= 0.3 is 6.18 Å². The highest BCUT2D eigenvalue weighted by atomic mass is 19.4. The molecular weight excluding hydrogens is 347 g/mol. The number of halogens is 3.